The highest BCUT2D eigenvalue weighted by Crippen LogP contribution is 2.42. The number of fused-ring (bicyclic) bond motifs is 1. The Labute approximate surface area is 139 Å². The van der Waals surface area contributed by atoms with Crippen LogP contribution in [0, 0.1) is 11.8 Å². The number of carbonyl (C=O) groups excluding carboxylic acids is 1. The van der Waals surface area contributed by atoms with Gasteiger partial charge in [-0.1, -0.05) is 36.8 Å². The fraction of sp³-hybridized carbons (Fsp3) is 0.632. The van der Waals surface area contributed by atoms with Crippen molar-refractivity contribution in [3.8, 4) is 0 Å². The molecule has 23 heavy (non-hydrogen) atoms. The molecule has 1 amide bonds. The van der Waals surface area contributed by atoms with Gasteiger partial charge in [0.2, 0.25) is 5.91 Å². The molecule has 3 rings (SSSR count). The SMILES string of the molecule is COCCCCCC(=O)N1C[C@@H]2CNC[C@@H]2[C@H]1c1ccccc1. The molecule has 2 fully saturated rings. The van der Waals surface area contributed by atoms with E-state index in [-0.39, 0.29) is 6.04 Å². The molecule has 126 valence electrons. The molecular formula is C19H28N2O2. The highest BCUT2D eigenvalue weighted by molar-refractivity contribution is 5.77. The van der Waals surface area contributed by atoms with E-state index in [1.54, 1.807) is 7.11 Å². The summed E-state index contributed by atoms with van der Waals surface area (Å²) in [5, 5.41) is 3.50. The zero-order valence-electron chi connectivity index (χ0n) is 14.0. The molecule has 0 bridgehead atoms. The van der Waals surface area contributed by atoms with Crippen LogP contribution < -0.4 is 5.32 Å². The lowest BCUT2D eigenvalue weighted by Crippen LogP contribution is -2.34. The van der Waals surface area contributed by atoms with Crippen molar-refractivity contribution in [2.45, 2.75) is 31.7 Å². The second-order valence-corrected chi connectivity index (χ2v) is 6.79. The van der Waals surface area contributed by atoms with E-state index in [1.165, 1.54) is 5.56 Å². The van der Waals surface area contributed by atoms with E-state index in [4.69, 9.17) is 4.74 Å². The highest BCUT2D eigenvalue weighted by Gasteiger charge is 2.46. The average molecular weight is 316 g/mol. The number of amides is 1. The molecule has 1 aromatic rings. The van der Waals surface area contributed by atoms with Crippen molar-refractivity contribution in [2.24, 2.45) is 11.8 Å². The van der Waals surface area contributed by atoms with Gasteiger partial charge in [0, 0.05) is 45.7 Å². The Kier molecular flexibility index (Phi) is 5.68. The van der Waals surface area contributed by atoms with Gasteiger partial charge in [-0.25, -0.2) is 0 Å². The topological polar surface area (TPSA) is 41.6 Å². The summed E-state index contributed by atoms with van der Waals surface area (Å²) in [5.74, 6) is 1.50. The maximum atomic E-state index is 12.8. The van der Waals surface area contributed by atoms with E-state index in [0.29, 0.717) is 24.2 Å². The third-order valence-corrected chi connectivity index (χ3v) is 5.27. The Bertz CT molecular complexity index is 505. The highest BCUT2D eigenvalue weighted by atomic mass is 16.5. The molecule has 1 N–H and O–H groups in total. The minimum Gasteiger partial charge on any atom is -0.385 e. The molecule has 4 heteroatoms. The summed E-state index contributed by atoms with van der Waals surface area (Å²) < 4.78 is 5.07. The number of unbranched alkanes of at least 4 members (excludes halogenated alkanes) is 2. The lowest BCUT2D eigenvalue weighted by molar-refractivity contribution is -0.132. The second kappa shape index (κ2) is 7.93. The molecule has 0 unspecified atom stereocenters. The predicted octanol–water partition coefficient (Wildman–Crippen LogP) is 2.61. The standard InChI is InChI=1S/C19H28N2O2/c1-23-11-7-3-6-10-18(22)21-14-16-12-20-13-17(16)19(21)15-8-4-2-5-9-15/h2,4-5,8-9,16-17,19-20H,3,6-7,10-14H2,1H3/t16-,17-,19+/m0/s1. The third kappa shape index (κ3) is 3.75. The molecule has 2 heterocycles. The van der Waals surface area contributed by atoms with Crippen molar-refractivity contribution in [3.63, 3.8) is 0 Å². The minimum absolute atomic E-state index is 0.252. The largest absolute Gasteiger partial charge is 0.385 e. The normalized spacial score (nSPS) is 26.5. The molecule has 0 saturated carbocycles. The van der Waals surface area contributed by atoms with Crippen LogP contribution in [-0.2, 0) is 9.53 Å². The second-order valence-electron chi connectivity index (χ2n) is 6.79. The summed E-state index contributed by atoms with van der Waals surface area (Å²) in [6.07, 6.45) is 3.74. The molecular weight excluding hydrogens is 288 g/mol. The van der Waals surface area contributed by atoms with Crippen LogP contribution in [0.15, 0.2) is 30.3 Å². The predicted molar refractivity (Wildman–Crippen MR) is 91.1 cm³/mol. The van der Waals surface area contributed by atoms with Crippen molar-refractivity contribution < 1.29 is 9.53 Å². The number of hydrogen-bond acceptors (Lipinski definition) is 3. The summed E-state index contributed by atoms with van der Waals surface area (Å²) >= 11 is 0. The third-order valence-electron chi connectivity index (χ3n) is 5.27. The van der Waals surface area contributed by atoms with Crippen LogP contribution in [0.2, 0.25) is 0 Å². The number of rotatable bonds is 7. The van der Waals surface area contributed by atoms with E-state index >= 15 is 0 Å². The molecule has 0 aromatic heterocycles. The Balaban J connectivity index is 1.64. The molecule has 0 spiro atoms. The number of ether oxygens (including phenoxy) is 1. The quantitative estimate of drug-likeness (QED) is 0.786. The van der Waals surface area contributed by atoms with Gasteiger partial charge in [-0.2, -0.15) is 0 Å². The smallest absolute Gasteiger partial charge is 0.223 e. The van der Waals surface area contributed by atoms with Crippen LogP contribution in [0.25, 0.3) is 0 Å². The summed E-state index contributed by atoms with van der Waals surface area (Å²) in [4.78, 5) is 14.9. The first-order valence-electron chi connectivity index (χ1n) is 8.85. The van der Waals surface area contributed by atoms with Crippen molar-refractivity contribution in [1.82, 2.24) is 10.2 Å². The fourth-order valence-corrected chi connectivity index (χ4v) is 4.10. The molecule has 0 aliphatic carbocycles. The fourth-order valence-electron chi connectivity index (χ4n) is 4.10. The summed E-state index contributed by atoms with van der Waals surface area (Å²) in [5.41, 5.74) is 1.29. The number of nitrogens with one attached hydrogen (secondary N) is 1. The van der Waals surface area contributed by atoms with Gasteiger partial charge in [0.05, 0.1) is 6.04 Å². The summed E-state index contributed by atoms with van der Waals surface area (Å²) in [6.45, 7) is 3.78. The molecule has 2 aliphatic rings. The van der Waals surface area contributed by atoms with Gasteiger partial charge in [-0.3, -0.25) is 4.79 Å². The van der Waals surface area contributed by atoms with Crippen LogP contribution in [-0.4, -0.2) is 44.2 Å². The molecule has 3 atom stereocenters. The van der Waals surface area contributed by atoms with Crippen molar-refractivity contribution >= 4 is 5.91 Å². The van der Waals surface area contributed by atoms with Crippen molar-refractivity contribution in [1.29, 1.82) is 0 Å². The van der Waals surface area contributed by atoms with E-state index in [0.717, 1.165) is 45.5 Å². The van der Waals surface area contributed by atoms with E-state index in [2.05, 4.69) is 34.5 Å². The molecule has 2 saturated heterocycles. The maximum absolute atomic E-state index is 12.8. The zero-order valence-corrected chi connectivity index (χ0v) is 14.0. The Morgan fingerprint density at radius 3 is 2.83 bits per heavy atom. The summed E-state index contributed by atoms with van der Waals surface area (Å²) in [6, 6.07) is 10.8. The Morgan fingerprint density at radius 1 is 1.22 bits per heavy atom. The number of carbonyl (C=O) groups is 1. The maximum Gasteiger partial charge on any atom is 0.223 e. The molecule has 1 aromatic carbocycles. The van der Waals surface area contributed by atoms with Gasteiger partial charge >= 0.3 is 0 Å². The van der Waals surface area contributed by atoms with Crippen LogP contribution in [0.5, 0.6) is 0 Å². The first kappa shape index (κ1) is 16.5. The van der Waals surface area contributed by atoms with Gasteiger partial charge in [-0.05, 0) is 24.3 Å². The first-order valence-corrected chi connectivity index (χ1v) is 8.85. The van der Waals surface area contributed by atoms with Crippen LogP contribution in [0.4, 0.5) is 0 Å². The van der Waals surface area contributed by atoms with Crippen LogP contribution >= 0.6 is 0 Å². The van der Waals surface area contributed by atoms with Gasteiger partial charge in [0.25, 0.3) is 0 Å². The minimum atomic E-state index is 0.252. The average Bonchev–Trinajstić information content (AvgIpc) is 3.16. The van der Waals surface area contributed by atoms with Crippen molar-refractivity contribution in [2.75, 3.05) is 33.4 Å². The molecule has 0 radical (unpaired) electrons. The first-order chi connectivity index (χ1) is 11.3. The monoisotopic (exact) mass is 316 g/mol. The van der Waals surface area contributed by atoms with Gasteiger partial charge < -0.3 is 15.0 Å². The van der Waals surface area contributed by atoms with Gasteiger partial charge in [-0.15, -0.1) is 0 Å². The Morgan fingerprint density at radius 2 is 2.04 bits per heavy atom. The summed E-state index contributed by atoms with van der Waals surface area (Å²) in [7, 11) is 1.73. The lowest BCUT2D eigenvalue weighted by Gasteiger charge is -2.28. The van der Waals surface area contributed by atoms with Gasteiger partial charge in [0.1, 0.15) is 0 Å². The number of hydrogen-bond donors (Lipinski definition) is 1. The molecule has 4 nitrogen and oxygen atoms in total. The molecule has 2 aliphatic heterocycles. The van der Waals surface area contributed by atoms with E-state index < -0.39 is 0 Å². The van der Waals surface area contributed by atoms with E-state index in [9.17, 15) is 4.79 Å². The van der Waals surface area contributed by atoms with E-state index in [1.807, 2.05) is 6.07 Å². The number of methoxy groups -OCH3 is 1. The van der Waals surface area contributed by atoms with Gasteiger partial charge in [0.15, 0.2) is 0 Å². The number of benzene rings is 1. The number of likely N-dealkylation sites (tertiary alicyclic amines) is 1. The van der Waals surface area contributed by atoms with Crippen LogP contribution in [0.3, 0.4) is 0 Å². The Hall–Kier alpha value is -1.39. The van der Waals surface area contributed by atoms with Crippen LogP contribution in [0.1, 0.15) is 37.3 Å². The number of nitrogens with zero attached hydrogens (tertiary/aromatic N) is 1. The lowest BCUT2D eigenvalue weighted by atomic mass is 9.89. The zero-order chi connectivity index (χ0) is 16.1. The van der Waals surface area contributed by atoms with Crippen molar-refractivity contribution in [3.05, 3.63) is 35.9 Å².